The zero-order chi connectivity index (χ0) is 19.4. The van der Waals surface area contributed by atoms with E-state index in [2.05, 4.69) is 5.32 Å². The number of thioether (sulfide) groups is 1. The fourth-order valence-electron chi connectivity index (χ4n) is 2.82. The number of amides is 3. The number of anilines is 1. The third-order valence-electron chi connectivity index (χ3n) is 4.17. The number of nitrogen functional groups attached to an aromatic ring is 1. The number of nitrogens with two attached hydrogens (primary N) is 1. The molecule has 2 aromatic rings. The van der Waals surface area contributed by atoms with E-state index in [4.69, 9.17) is 5.73 Å². The number of benzene rings is 2. The SMILES string of the molecule is Nc1cccc(SC2C(=O)N(C(=O)NCCc3ccccc3)C2C(=O)O)c1. The van der Waals surface area contributed by atoms with Crippen molar-refractivity contribution in [1.82, 2.24) is 10.2 Å². The smallest absolute Gasteiger partial charge is 0.328 e. The quantitative estimate of drug-likeness (QED) is 0.518. The second-order valence-corrected chi connectivity index (χ2v) is 7.28. The van der Waals surface area contributed by atoms with E-state index in [-0.39, 0.29) is 0 Å². The summed E-state index contributed by atoms with van der Waals surface area (Å²) in [6, 6.07) is 14.5. The van der Waals surface area contributed by atoms with Crippen LogP contribution in [-0.2, 0) is 16.0 Å². The molecular formula is C19H19N3O4S. The van der Waals surface area contributed by atoms with Gasteiger partial charge in [0.25, 0.3) is 0 Å². The molecule has 1 aliphatic heterocycles. The number of carboxylic acids is 1. The number of likely N-dealkylation sites (tertiary alicyclic amines) is 1. The number of carbonyl (C=O) groups excluding carboxylic acids is 2. The van der Waals surface area contributed by atoms with Gasteiger partial charge < -0.3 is 16.2 Å². The Labute approximate surface area is 160 Å². The van der Waals surface area contributed by atoms with Gasteiger partial charge >= 0.3 is 12.0 Å². The molecule has 1 heterocycles. The minimum atomic E-state index is -1.21. The first-order valence-electron chi connectivity index (χ1n) is 8.37. The summed E-state index contributed by atoms with van der Waals surface area (Å²) in [4.78, 5) is 37.7. The average molecular weight is 385 g/mol. The zero-order valence-corrected chi connectivity index (χ0v) is 15.2. The molecule has 3 rings (SSSR count). The molecule has 7 nitrogen and oxygen atoms in total. The number of hydrogen-bond acceptors (Lipinski definition) is 5. The first-order chi connectivity index (χ1) is 13.0. The van der Waals surface area contributed by atoms with E-state index in [9.17, 15) is 19.5 Å². The average Bonchev–Trinajstić information content (AvgIpc) is 2.64. The lowest BCUT2D eigenvalue weighted by Gasteiger charge is -2.42. The molecule has 140 valence electrons. The largest absolute Gasteiger partial charge is 0.480 e. The second kappa shape index (κ2) is 8.13. The highest BCUT2D eigenvalue weighted by Crippen LogP contribution is 2.36. The molecule has 1 fully saturated rings. The molecule has 0 radical (unpaired) electrons. The van der Waals surface area contributed by atoms with Gasteiger partial charge in [-0.05, 0) is 30.2 Å². The topological polar surface area (TPSA) is 113 Å². The molecule has 27 heavy (non-hydrogen) atoms. The first-order valence-corrected chi connectivity index (χ1v) is 9.25. The number of hydrogen-bond donors (Lipinski definition) is 3. The van der Waals surface area contributed by atoms with E-state index in [1.54, 1.807) is 24.3 Å². The second-order valence-electron chi connectivity index (χ2n) is 6.07. The number of carbonyl (C=O) groups is 3. The van der Waals surface area contributed by atoms with Crippen molar-refractivity contribution in [3.63, 3.8) is 0 Å². The number of nitrogens with zero attached hydrogens (tertiary/aromatic N) is 1. The number of β-lactam (4-membered cyclic amide) rings is 1. The molecule has 0 spiro atoms. The maximum atomic E-state index is 12.4. The van der Waals surface area contributed by atoms with E-state index in [0.29, 0.717) is 23.5 Å². The van der Waals surface area contributed by atoms with Gasteiger partial charge in [0.1, 0.15) is 5.25 Å². The van der Waals surface area contributed by atoms with Crippen molar-refractivity contribution in [1.29, 1.82) is 0 Å². The normalized spacial score (nSPS) is 18.7. The van der Waals surface area contributed by atoms with Crippen LogP contribution in [0.15, 0.2) is 59.5 Å². The number of imide groups is 1. The lowest BCUT2D eigenvalue weighted by atomic mass is 10.0. The summed E-state index contributed by atoms with van der Waals surface area (Å²) in [5.74, 6) is -1.73. The number of rotatable bonds is 6. The summed E-state index contributed by atoms with van der Waals surface area (Å²) in [5, 5.41) is 11.2. The fourth-order valence-corrected chi connectivity index (χ4v) is 4.06. The Bertz CT molecular complexity index is 859. The van der Waals surface area contributed by atoms with E-state index in [1.165, 1.54) is 0 Å². The third-order valence-corrected chi connectivity index (χ3v) is 5.41. The van der Waals surface area contributed by atoms with Gasteiger partial charge in [-0.3, -0.25) is 4.79 Å². The summed E-state index contributed by atoms with van der Waals surface area (Å²) in [5.41, 5.74) is 7.27. The summed E-state index contributed by atoms with van der Waals surface area (Å²) in [6.45, 7) is 0.312. The monoisotopic (exact) mass is 385 g/mol. The van der Waals surface area contributed by atoms with Crippen molar-refractivity contribution in [3.05, 3.63) is 60.2 Å². The van der Waals surface area contributed by atoms with Crippen molar-refractivity contribution < 1.29 is 19.5 Å². The van der Waals surface area contributed by atoms with Crippen LogP contribution in [-0.4, -0.2) is 45.8 Å². The molecule has 0 saturated carbocycles. The van der Waals surface area contributed by atoms with Crippen LogP contribution >= 0.6 is 11.8 Å². The standard InChI is InChI=1S/C19H19N3O4S/c20-13-7-4-8-14(11-13)27-16-15(18(24)25)22(17(16)23)19(26)21-10-9-12-5-2-1-3-6-12/h1-8,11,15-16H,9-10,20H2,(H,21,26)(H,24,25). The van der Waals surface area contributed by atoms with Gasteiger partial charge in [0.2, 0.25) is 5.91 Å². The molecule has 1 aliphatic rings. The Balaban J connectivity index is 1.60. The number of nitrogens with one attached hydrogen (secondary N) is 1. The van der Waals surface area contributed by atoms with Crippen LogP contribution in [0.25, 0.3) is 0 Å². The van der Waals surface area contributed by atoms with Crippen LogP contribution in [0, 0.1) is 0 Å². The zero-order valence-electron chi connectivity index (χ0n) is 14.4. The van der Waals surface area contributed by atoms with E-state index in [1.807, 2.05) is 30.3 Å². The third kappa shape index (κ3) is 4.22. The highest BCUT2D eigenvalue weighted by Gasteiger charge is 2.55. The van der Waals surface area contributed by atoms with Crippen molar-refractivity contribution in [3.8, 4) is 0 Å². The van der Waals surface area contributed by atoms with E-state index < -0.39 is 29.2 Å². The molecule has 2 aromatic carbocycles. The van der Waals surface area contributed by atoms with Gasteiger partial charge in [-0.15, -0.1) is 11.8 Å². The number of urea groups is 1. The summed E-state index contributed by atoms with van der Waals surface area (Å²) < 4.78 is 0. The van der Waals surface area contributed by atoms with Crippen LogP contribution in [0.1, 0.15) is 5.56 Å². The van der Waals surface area contributed by atoms with Crippen LogP contribution in [0.4, 0.5) is 10.5 Å². The highest BCUT2D eigenvalue weighted by atomic mass is 32.2. The van der Waals surface area contributed by atoms with Gasteiger partial charge in [0.15, 0.2) is 6.04 Å². The minimum absolute atomic E-state index is 0.312. The first kappa shape index (κ1) is 18.8. The molecule has 0 bridgehead atoms. The van der Waals surface area contributed by atoms with Gasteiger partial charge in [0, 0.05) is 17.1 Å². The van der Waals surface area contributed by atoms with Crippen molar-refractivity contribution in [2.24, 2.45) is 0 Å². The molecule has 0 aliphatic carbocycles. The summed E-state index contributed by atoms with van der Waals surface area (Å²) in [6.07, 6.45) is 0.591. The Morgan fingerprint density at radius 2 is 1.89 bits per heavy atom. The predicted octanol–water partition coefficient (Wildman–Crippen LogP) is 1.98. The van der Waals surface area contributed by atoms with Crippen molar-refractivity contribution in [2.45, 2.75) is 22.6 Å². The molecular weight excluding hydrogens is 366 g/mol. The van der Waals surface area contributed by atoms with Crippen LogP contribution in [0.3, 0.4) is 0 Å². The highest BCUT2D eigenvalue weighted by molar-refractivity contribution is 8.00. The van der Waals surface area contributed by atoms with E-state index in [0.717, 1.165) is 22.2 Å². The van der Waals surface area contributed by atoms with Crippen LogP contribution in [0.2, 0.25) is 0 Å². The predicted molar refractivity (Wildman–Crippen MR) is 102 cm³/mol. The summed E-state index contributed by atoms with van der Waals surface area (Å²) >= 11 is 1.10. The Hall–Kier alpha value is -3.00. The van der Waals surface area contributed by atoms with Crippen LogP contribution in [0.5, 0.6) is 0 Å². The number of aliphatic carboxylic acids is 1. The van der Waals surface area contributed by atoms with Gasteiger partial charge in [-0.2, -0.15) is 0 Å². The molecule has 2 unspecified atom stereocenters. The Kier molecular flexibility index (Phi) is 5.66. The molecule has 2 atom stereocenters. The lowest BCUT2D eigenvalue weighted by Crippen LogP contribution is -2.70. The van der Waals surface area contributed by atoms with Crippen LogP contribution < -0.4 is 11.1 Å². The molecule has 1 saturated heterocycles. The van der Waals surface area contributed by atoms with Gasteiger partial charge in [-0.25, -0.2) is 14.5 Å². The summed E-state index contributed by atoms with van der Waals surface area (Å²) in [7, 11) is 0. The van der Waals surface area contributed by atoms with Crippen molar-refractivity contribution in [2.75, 3.05) is 12.3 Å². The van der Waals surface area contributed by atoms with E-state index >= 15 is 0 Å². The molecule has 8 heteroatoms. The molecule has 3 amide bonds. The maximum absolute atomic E-state index is 12.4. The van der Waals surface area contributed by atoms with Crippen molar-refractivity contribution >= 4 is 35.4 Å². The molecule has 0 aromatic heterocycles. The molecule has 4 N–H and O–H groups in total. The van der Waals surface area contributed by atoms with Gasteiger partial charge in [-0.1, -0.05) is 36.4 Å². The fraction of sp³-hybridized carbons (Fsp3) is 0.211. The lowest BCUT2D eigenvalue weighted by molar-refractivity contribution is -0.156. The number of carboxylic acid groups (broad SMARTS) is 1. The Morgan fingerprint density at radius 3 is 2.56 bits per heavy atom. The van der Waals surface area contributed by atoms with Gasteiger partial charge in [0.05, 0.1) is 0 Å². The minimum Gasteiger partial charge on any atom is -0.480 e. The Morgan fingerprint density at radius 1 is 1.15 bits per heavy atom. The maximum Gasteiger partial charge on any atom is 0.328 e.